The number of hydrogen-bond acceptors (Lipinski definition) is 3. The Hall–Kier alpha value is -1.40. The molecule has 0 aliphatic carbocycles. The quantitative estimate of drug-likeness (QED) is 0.874. The molecule has 2 rings (SSSR count). The lowest BCUT2D eigenvalue weighted by atomic mass is 10.1. The lowest BCUT2D eigenvalue weighted by Crippen LogP contribution is -2.42. The van der Waals surface area contributed by atoms with Gasteiger partial charge in [0.2, 0.25) is 15.9 Å². The number of nitrogens with zero attached hydrogens (tertiary/aromatic N) is 1. The molecule has 22 heavy (non-hydrogen) atoms. The Kier molecular flexibility index (Phi) is 5.58. The van der Waals surface area contributed by atoms with Crippen molar-refractivity contribution in [3.05, 3.63) is 29.8 Å². The van der Waals surface area contributed by atoms with Crippen LogP contribution in [0.15, 0.2) is 24.3 Å². The number of anilines is 1. The molecular weight excluding hydrogens is 300 g/mol. The average Bonchev–Trinajstić information content (AvgIpc) is 2.96. The Morgan fingerprint density at radius 1 is 1.32 bits per heavy atom. The van der Waals surface area contributed by atoms with E-state index in [-0.39, 0.29) is 5.91 Å². The number of rotatable bonds is 6. The molecule has 1 amide bonds. The van der Waals surface area contributed by atoms with Gasteiger partial charge in [-0.1, -0.05) is 25.5 Å². The molecule has 1 atom stereocenters. The standard InChI is InChI=1S/C16H24N2O3S/c1-3-4-6-13-8-10-14(11-9-13)17-16(19)15-7-5-12-18(15)22(2,20)21/h8-11,15H,3-7,12H2,1-2H3,(H,17,19). The van der Waals surface area contributed by atoms with Gasteiger partial charge in [-0.3, -0.25) is 4.79 Å². The highest BCUT2D eigenvalue weighted by molar-refractivity contribution is 7.88. The van der Waals surface area contributed by atoms with Crippen LogP contribution in [0.1, 0.15) is 38.2 Å². The lowest BCUT2D eigenvalue weighted by molar-refractivity contribution is -0.119. The number of sulfonamides is 1. The van der Waals surface area contributed by atoms with Crippen LogP contribution >= 0.6 is 0 Å². The van der Waals surface area contributed by atoms with Crippen LogP contribution in [0.2, 0.25) is 0 Å². The summed E-state index contributed by atoms with van der Waals surface area (Å²) in [6.07, 6.45) is 5.80. The Balaban J connectivity index is 1.99. The lowest BCUT2D eigenvalue weighted by Gasteiger charge is -2.21. The summed E-state index contributed by atoms with van der Waals surface area (Å²) in [5, 5.41) is 2.82. The molecular formula is C16H24N2O3S. The first-order valence-electron chi connectivity index (χ1n) is 7.78. The number of carbonyl (C=O) groups excluding carboxylic acids is 1. The summed E-state index contributed by atoms with van der Waals surface area (Å²) in [6, 6.07) is 7.18. The van der Waals surface area contributed by atoms with Crippen molar-refractivity contribution in [2.75, 3.05) is 18.1 Å². The van der Waals surface area contributed by atoms with E-state index in [1.54, 1.807) is 0 Å². The second-order valence-corrected chi connectivity index (χ2v) is 7.76. The smallest absolute Gasteiger partial charge is 0.242 e. The average molecular weight is 324 g/mol. The number of benzene rings is 1. The Bertz CT molecular complexity index is 611. The van der Waals surface area contributed by atoms with Crippen molar-refractivity contribution in [2.45, 2.75) is 45.1 Å². The van der Waals surface area contributed by atoms with E-state index in [4.69, 9.17) is 0 Å². The molecule has 1 aliphatic heterocycles. The van der Waals surface area contributed by atoms with E-state index < -0.39 is 16.1 Å². The van der Waals surface area contributed by atoms with Gasteiger partial charge in [0.25, 0.3) is 0 Å². The van der Waals surface area contributed by atoms with Gasteiger partial charge in [0.1, 0.15) is 6.04 Å². The molecule has 0 radical (unpaired) electrons. The van der Waals surface area contributed by atoms with Crippen LogP contribution in [0.3, 0.4) is 0 Å². The first-order valence-corrected chi connectivity index (χ1v) is 9.63. The maximum Gasteiger partial charge on any atom is 0.242 e. The summed E-state index contributed by atoms with van der Waals surface area (Å²) in [6.45, 7) is 2.58. The van der Waals surface area contributed by atoms with Crippen molar-refractivity contribution in [3.63, 3.8) is 0 Å². The highest BCUT2D eigenvalue weighted by Gasteiger charge is 2.36. The number of hydrogen-bond donors (Lipinski definition) is 1. The summed E-state index contributed by atoms with van der Waals surface area (Å²) in [5.41, 5.74) is 1.96. The minimum Gasteiger partial charge on any atom is -0.325 e. The van der Waals surface area contributed by atoms with Crippen LogP contribution in [0.5, 0.6) is 0 Å². The zero-order chi connectivity index (χ0) is 16.2. The number of amides is 1. The van der Waals surface area contributed by atoms with Gasteiger partial charge in [0, 0.05) is 12.2 Å². The molecule has 0 saturated carbocycles. The van der Waals surface area contributed by atoms with E-state index in [0.29, 0.717) is 18.7 Å². The fraction of sp³-hybridized carbons (Fsp3) is 0.562. The highest BCUT2D eigenvalue weighted by atomic mass is 32.2. The molecule has 122 valence electrons. The monoisotopic (exact) mass is 324 g/mol. The van der Waals surface area contributed by atoms with E-state index in [1.165, 1.54) is 9.87 Å². The molecule has 0 spiro atoms. The third kappa shape index (κ3) is 4.30. The first kappa shape index (κ1) is 17.0. The Labute approximate surface area is 132 Å². The number of nitrogens with one attached hydrogen (secondary N) is 1. The van der Waals surface area contributed by atoms with Crippen molar-refractivity contribution in [1.29, 1.82) is 0 Å². The van der Waals surface area contributed by atoms with Gasteiger partial charge in [-0.05, 0) is 43.4 Å². The maximum absolute atomic E-state index is 12.3. The van der Waals surface area contributed by atoms with E-state index in [9.17, 15) is 13.2 Å². The van der Waals surface area contributed by atoms with Crippen molar-refractivity contribution in [3.8, 4) is 0 Å². The van der Waals surface area contributed by atoms with E-state index >= 15 is 0 Å². The fourth-order valence-electron chi connectivity index (χ4n) is 2.76. The van der Waals surface area contributed by atoms with Crippen molar-refractivity contribution in [2.24, 2.45) is 0 Å². The molecule has 1 aromatic rings. The van der Waals surface area contributed by atoms with Crippen LogP contribution < -0.4 is 5.32 Å². The third-order valence-corrected chi connectivity index (χ3v) is 5.26. The second-order valence-electron chi connectivity index (χ2n) is 5.82. The topological polar surface area (TPSA) is 66.5 Å². The SMILES string of the molecule is CCCCc1ccc(NC(=O)C2CCCN2S(C)(=O)=O)cc1. The van der Waals surface area contributed by atoms with Crippen molar-refractivity contribution in [1.82, 2.24) is 4.31 Å². The molecule has 1 fully saturated rings. The van der Waals surface area contributed by atoms with Gasteiger partial charge >= 0.3 is 0 Å². The fourth-order valence-corrected chi connectivity index (χ4v) is 3.88. The molecule has 1 aromatic carbocycles. The van der Waals surface area contributed by atoms with Crippen LogP contribution in [-0.4, -0.2) is 37.5 Å². The Morgan fingerprint density at radius 3 is 2.59 bits per heavy atom. The van der Waals surface area contributed by atoms with Crippen LogP contribution in [0.4, 0.5) is 5.69 Å². The largest absolute Gasteiger partial charge is 0.325 e. The van der Waals surface area contributed by atoms with Gasteiger partial charge in [-0.2, -0.15) is 4.31 Å². The second kappa shape index (κ2) is 7.24. The summed E-state index contributed by atoms with van der Waals surface area (Å²) in [4.78, 5) is 12.3. The van der Waals surface area contributed by atoms with Gasteiger partial charge in [-0.15, -0.1) is 0 Å². The van der Waals surface area contributed by atoms with Gasteiger partial charge in [0.15, 0.2) is 0 Å². The highest BCUT2D eigenvalue weighted by Crippen LogP contribution is 2.22. The molecule has 1 heterocycles. The molecule has 1 N–H and O–H groups in total. The van der Waals surface area contributed by atoms with Gasteiger partial charge < -0.3 is 5.32 Å². The predicted molar refractivity (Wildman–Crippen MR) is 88.3 cm³/mol. The van der Waals surface area contributed by atoms with Crippen LogP contribution in [0, 0.1) is 0 Å². The predicted octanol–water partition coefficient (Wildman–Crippen LogP) is 2.39. The van der Waals surface area contributed by atoms with Crippen LogP contribution in [-0.2, 0) is 21.2 Å². The normalized spacial score (nSPS) is 19.3. The molecule has 0 aromatic heterocycles. The minimum atomic E-state index is -3.33. The molecule has 1 unspecified atom stereocenters. The molecule has 1 aliphatic rings. The molecule has 5 nitrogen and oxygen atoms in total. The van der Waals surface area contributed by atoms with E-state index in [0.717, 1.165) is 31.9 Å². The molecule has 6 heteroatoms. The zero-order valence-corrected chi connectivity index (χ0v) is 14.0. The zero-order valence-electron chi connectivity index (χ0n) is 13.2. The maximum atomic E-state index is 12.3. The third-order valence-electron chi connectivity index (χ3n) is 3.97. The van der Waals surface area contributed by atoms with Gasteiger partial charge in [0.05, 0.1) is 6.26 Å². The number of aryl methyl sites for hydroxylation is 1. The first-order chi connectivity index (χ1) is 10.4. The summed E-state index contributed by atoms with van der Waals surface area (Å²) in [7, 11) is -3.33. The Morgan fingerprint density at radius 2 is 2.00 bits per heavy atom. The van der Waals surface area contributed by atoms with Crippen molar-refractivity contribution < 1.29 is 13.2 Å². The van der Waals surface area contributed by atoms with Crippen molar-refractivity contribution >= 4 is 21.6 Å². The summed E-state index contributed by atoms with van der Waals surface area (Å²) in [5.74, 6) is -0.246. The molecule has 0 bridgehead atoms. The molecule has 1 saturated heterocycles. The van der Waals surface area contributed by atoms with E-state index in [2.05, 4.69) is 12.2 Å². The van der Waals surface area contributed by atoms with E-state index in [1.807, 2.05) is 24.3 Å². The number of carbonyl (C=O) groups is 1. The van der Waals surface area contributed by atoms with Crippen LogP contribution in [0.25, 0.3) is 0 Å². The van der Waals surface area contributed by atoms with Gasteiger partial charge in [-0.25, -0.2) is 8.42 Å². The summed E-state index contributed by atoms with van der Waals surface area (Å²) < 4.78 is 24.7. The summed E-state index contributed by atoms with van der Waals surface area (Å²) >= 11 is 0. The number of unbranched alkanes of at least 4 members (excludes halogenated alkanes) is 1. The minimum absolute atomic E-state index is 0.246.